The first kappa shape index (κ1) is 9.84. The second-order valence-corrected chi connectivity index (χ2v) is 2.34. The van der Waals surface area contributed by atoms with Crippen LogP contribution in [0.2, 0.25) is 0 Å². The van der Waals surface area contributed by atoms with Gasteiger partial charge in [-0.15, -0.1) is 0 Å². The average molecular weight is 146 g/mol. The molecule has 0 unspecified atom stereocenters. The molecule has 0 aliphatic carbocycles. The van der Waals surface area contributed by atoms with Crippen LogP contribution in [0.3, 0.4) is 0 Å². The van der Waals surface area contributed by atoms with Gasteiger partial charge in [0.1, 0.15) is 0 Å². The van der Waals surface area contributed by atoms with Crippen LogP contribution in [-0.4, -0.2) is 50.3 Å². The van der Waals surface area contributed by atoms with Crippen LogP contribution >= 0.6 is 0 Å². The quantitative estimate of drug-likeness (QED) is 0.472. The lowest BCUT2D eigenvalue weighted by molar-refractivity contribution is 0.0338. The molecular weight excluding hydrogens is 128 g/mol. The van der Waals surface area contributed by atoms with Gasteiger partial charge in [-0.25, -0.2) is 10.0 Å². The largest absolute Gasteiger partial charge is 0.329 e. The van der Waals surface area contributed by atoms with Gasteiger partial charge in [-0.1, -0.05) is 0 Å². The Morgan fingerprint density at radius 2 is 1.20 bits per heavy atom. The minimum absolute atomic E-state index is 0.686. The Labute approximate surface area is 62.7 Å². The van der Waals surface area contributed by atoms with Crippen LogP contribution in [0.15, 0.2) is 0 Å². The molecule has 0 bridgehead atoms. The molecule has 0 saturated carbocycles. The summed E-state index contributed by atoms with van der Waals surface area (Å²) in [6.45, 7) is 3.14. The maximum Gasteiger partial charge on any atom is 0.0253 e. The maximum atomic E-state index is 5.36. The fourth-order valence-electron chi connectivity index (χ4n) is 0.715. The monoisotopic (exact) mass is 146 g/mol. The Bertz CT molecular complexity index is 66.1. The van der Waals surface area contributed by atoms with Gasteiger partial charge in [0.15, 0.2) is 0 Å². The van der Waals surface area contributed by atoms with Gasteiger partial charge >= 0.3 is 0 Å². The molecule has 0 radical (unpaired) electrons. The van der Waals surface area contributed by atoms with Crippen LogP contribution in [0.5, 0.6) is 0 Å². The van der Waals surface area contributed by atoms with E-state index in [1.807, 2.05) is 14.1 Å². The molecule has 62 valence electrons. The minimum Gasteiger partial charge on any atom is -0.329 e. The lowest BCUT2D eigenvalue weighted by Gasteiger charge is -2.26. The summed E-state index contributed by atoms with van der Waals surface area (Å²) < 4.78 is 0. The van der Waals surface area contributed by atoms with Crippen molar-refractivity contribution in [2.75, 3.05) is 40.3 Å². The second kappa shape index (κ2) is 5.61. The zero-order valence-electron chi connectivity index (χ0n) is 6.88. The molecule has 10 heavy (non-hydrogen) atoms. The lowest BCUT2D eigenvalue weighted by atomic mass is 10.6. The number of nitrogens with zero attached hydrogens (tertiary/aromatic N) is 2. The molecule has 0 rings (SSSR count). The molecular formula is C6H18N4. The van der Waals surface area contributed by atoms with Crippen molar-refractivity contribution < 1.29 is 0 Å². The fourth-order valence-corrected chi connectivity index (χ4v) is 0.715. The van der Waals surface area contributed by atoms with Crippen molar-refractivity contribution in [3.63, 3.8) is 0 Å². The summed E-state index contributed by atoms with van der Waals surface area (Å²) in [5.74, 6) is 0. The Morgan fingerprint density at radius 1 is 0.900 bits per heavy atom. The number of hydrogen-bond donors (Lipinski definition) is 2. The van der Waals surface area contributed by atoms with Crippen LogP contribution in [0.25, 0.3) is 0 Å². The van der Waals surface area contributed by atoms with E-state index in [4.69, 9.17) is 11.5 Å². The summed E-state index contributed by atoms with van der Waals surface area (Å²) in [6.07, 6.45) is 0. The van der Waals surface area contributed by atoms with E-state index in [0.717, 1.165) is 13.1 Å². The standard InChI is InChI=1S/C6H18N4/c1-9(5-3-7)10(2)6-4-8/h3-8H2,1-2H3. The highest BCUT2D eigenvalue weighted by molar-refractivity contribution is 4.49. The first-order valence-electron chi connectivity index (χ1n) is 3.54. The molecule has 0 spiro atoms. The third-order valence-electron chi connectivity index (χ3n) is 1.49. The Balaban J connectivity index is 3.38. The zero-order chi connectivity index (χ0) is 7.98. The molecule has 0 saturated heterocycles. The van der Waals surface area contributed by atoms with Crippen molar-refractivity contribution in [3.8, 4) is 0 Å². The van der Waals surface area contributed by atoms with E-state index in [-0.39, 0.29) is 0 Å². The van der Waals surface area contributed by atoms with Gasteiger partial charge in [0, 0.05) is 40.3 Å². The predicted octanol–water partition coefficient (Wildman–Crippen LogP) is -1.32. The number of hydrogen-bond acceptors (Lipinski definition) is 4. The van der Waals surface area contributed by atoms with Crippen molar-refractivity contribution in [2.45, 2.75) is 0 Å². The van der Waals surface area contributed by atoms with Crippen molar-refractivity contribution >= 4 is 0 Å². The van der Waals surface area contributed by atoms with E-state index >= 15 is 0 Å². The summed E-state index contributed by atoms with van der Waals surface area (Å²) in [5, 5.41) is 4.12. The van der Waals surface area contributed by atoms with E-state index in [1.165, 1.54) is 0 Å². The van der Waals surface area contributed by atoms with Gasteiger partial charge in [-0.3, -0.25) is 0 Å². The molecule has 0 fully saturated rings. The summed E-state index contributed by atoms with van der Waals surface area (Å²) in [4.78, 5) is 0. The first-order chi connectivity index (χ1) is 4.72. The van der Waals surface area contributed by atoms with Crippen LogP contribution < -0.4 is 11.5 Å². The highest BCUT2D eigenvalue weighted by Crippen LogP contribution is 1.85. The van der Waals surface area contributed by atoms with Crippen LogP contribution in [0, 0.1) is 0 Å². The van der Waals surface area contributed by atoms with Gasteiger partial charge in [0.25, 0.3) is 0 Å². The smallest absolute Gasteiger partial charge is 0.0253 e. The lowest BCUT2D eigenvalue weighted by Crippen LogP contribution is -2.42. The molecule has 0 heterocycles. The summed E-state index contributed by atoms with van der Waals surface area (Å²) >= 11 is 0. The Kier molecular flexibility index (Phi) is 5.52. The fraction of sp³-hybridized carbons (Fsp3) is 1.00. The average Bonchev–Trinajstić information content (AvgIpc) is 1.89. The van der Waals surface area contributed by atoms with E-state index in [2.05, 4.69) is 10.0 Å². The third-order valence-corrected chi connectivity index (χ3v) is 1.49. The van der Waals surface area contributed by atoms with Crippen molar-refractivity contribution in [3.05, 3.63) is 0 Å². The molecule has 0 aromatic heterocycles. The number of likely N-dealkylation sites (N-methyl/N-ethyl adjacent to an activating group) is 2. The number of rotatable bonds is 5. The van der Waals surface area contributed by atoms with E-state index in [9.17, 15) is 0 Å². The van der Waals surface area contributed by atoms with Gasteiger partial charge in [-0.2, -0.15) is 0 Å². The predicted molar refractivity (Wildman–Crippen MR) is 43.4 cm³/mol. The third kappa shape index (κ3) is 3.79. The molecule has 0 aromatic carbocycles. The van der Waals surface area contributed by atoms with Crippen LogP contribution in [0.4, 0.5) is 0 Å². The highest BCUT2D eigenvalue weighted by Gasteiger charge is 2.01. The summed E-state index contributed by atoms with van der Waals surface area (Å²) in [6, 6.07) is 0. The molecule has 4 N–H and O–H groups in total. The van der Waals surface area contributed by atoms with Crippen LogP contribution in [-0.2, 0) is 0 Å². The van der Waals surface area contributed by atoms with Gasteiger partial charge in [0.05, 0.1) is 0 Å². The van der Waals surface area contributed by atoms with E-state index < -0.39 is 0 Å². The zero-order valence-corrected chi connectivity index (χ0v) is 6.88. The molecule has 0 amide bonds. The van der Waals surface area contributed by atoms with Crippen molar-refractivity contribution in [1.29, 1.82) is 0 Å². The maximum absolute atomic E-state index is 5.36. The van der Waals surface area contributed by atoms with Gasteiger partial charge in [0.2, 0.25) is 0 Å². The van der Waals surface area contributed by atoms with Crippen molar-refractivity contribution in [1.82, 2.24) is 10.0 Å². The highest BCUT2D eigenvalue weighted by atomic mass is 15.6. The van der Waals surface area contributed by atoms with E-state index in [1.54, 1.807) is 0 Å². The second-order valence-electron chi connectivity index (χ2n) is 2.34. The van der Waals surface area contributed by atoms with Crippen LogP contribution in [0.1, 0.15) is 0 Å². The minimum atomic E-state index is 0.686. The number of hydrazine groups is 1. The SMILES string of the molecule is CN(CCN)N(C)CCN. The molecule has 4 nitrogen and oxygen atoms in total. The number of nitrogens with two attached hydrogens (primary N) is 2. The summed E-state index contributed by atoms with van der Waals surface area (Å²) in [7, 11) is 4.00. The summed E-state index contributed by atoms with van der Waals surface area (Å²) in [5.41, 5.74) is 10.7. The molecule has 0 atom stereocenters. The molecule has 4 heteroatoms. The van der Waals surface area contributed by atoms with Gasteiger partial charge in [-0.05, 0) is 0 Å². The molecule has 0 aliphatic heterocycles. The first-order valence-corrected chi connectivity index (χ1v) is 3.54. The van der Waals surface area contributed by atoms with E-state index in [0.29, 0.717) is 13.1 Å². The Hall–Kier alpha value is -0.160. The topological polar surface area (TPSA) is 58.5 Å². The normalized spacial score (nSPS) is 11.4. The van der Waals surface area contributed by atoms with Crippen molar-refractivity contribution in [2.24, 2.45) is 11.5 Å². The molecule has 0 aromatic rings. The molecule has 0 aliphatic rings. The Morgan fingerprint density at radius 3 is 1.40 bits per heavy atom. The van der Waals surface area contributed by atoms with Gasteiger partial charge < -0.3 is 11.5 Å².